The summed E-state index contributed by atoms with van der Waals surface area (Å²) in [7, 11) is 0. The van der Waals surface area contributed by atoms with Crippen molar-refractivity contribution in [2.75, 3.05) is 0 Å². The van der Waals surface area contributed by atoms with Crippen molar-refractivity contribution in [3.05, 3.63) is 0 Å². The van der Waals surface area contributed by atoms with Gasteiger partial charge in [-0.2, -0.15) is 0 Å². The number of halogens is 1. The molecule has 1 unspecified atom stereocenters. The Kier molecular flexibility index (Phi) is 3.74. The topological polar surface area (TPSA) is 0 Å². The zero-order valence-corrected chi connectivity index (χ0v) is 9.37. The summed E-state index contributed by atoms with van der Waals surface area (Å²) in [6.45, 7) is 12.0. The number of rotatable bonds is 4. The Morgan fingerprint density at radius 3 is 1.83 bits per heavy atom. The summed E-state index contributed by atoms with van der Waals surface area (Å²) in [6, 6.07) is 0. The molecule has 0 radical (unpaired) electrons. The van der Waals surface area contributed by atoms with Crippen molar-refractivity contribution in [3.63, 3.8) is 0 Å². The van der Waals surface area contributed by atoms with Gasteiger partial charge in [-0.05, 0) is 24.7 Å². The number of hydrogen-bond donors (Lipinski definition) is 0. The zero-order chi connectivity index (χ0) is 9.99. The molecular weight excluding hydrogens is 151 g/mol. The van der Waals surface area contributed by atoms with Crippen LogP contribution in [0.15, 0.2) is 0 Å². The summed E-state index contributed by atoms with van der Waals surface area (Å²) in [4.78, 5) is 0. The van der Waals surface area contributed by atoms with E-state index in [1.54, 1.807) is 6.92 Å². The molecule has 0 saturated heterocycles. The van der Waals surface area contributed by atoms with E-state index in [9.17, 15) is 4.39 Å². The van der Waals surface area contributed by atoms with Crippen molar-refractivity contribution < 1.29 is 4.39 Å². The molecule has 0 aliphatic rings. The van der Waals surface area contributed by atoms with Crippen LogP contribution >= 0.6 is 0 Å². The van der Waals surface area contributed by atoms with Crippen LogP contribution in [-0.4, -0.2) is 5.67 Å². The van der Waals surface area contributed by atoms with Crippen molar-refractivity contribution in [2.45, 2.75) is 60.1 Å². The van der Waals surface area contributed by atoms with E-state index in [1.807, 2.05) is 13.8 Å². The second-order valence-electron chi connectivity index (χ2n) is 5.13. The summed E-state index contributed by atoms with van der Waals surface area (Å²) in [5, 5.41) is 0. The predicted molar refractivity (Wildman–Crippen MR) is 53.0 cm³/mol. The molecular formula is C11H23F. The van der Waals surface area contributed by atoms with Gasteiger partial charge in [0, 0.05) is 0 Å². The maximum absolute atomic E-state index is 13.9. The lowest BCUT2D eigenvalue weighted by Gasteiger charge is -2.33. The second kappa shape index (κ2) is 3.76. The van der Waals surface area contributed by atoms with Gasteiger partial charge in [0.05, 0.1) is 0 Å². The standard InChI is InChI=1S/C11H23F/c1-7-10(4,5)8-11(6,12)9(2)3/h9H,7-8H2,1-6H3. The van der Waals surface area contributed by atoms with Crippen LogP contribution in [0.5, 0.6) is 0 Å². The lowest BCUT2D eigenvalue weighted by molar-refractivity contribution is 0.0611. The van der Waals surface area contributed by atoms with Gasteiger partial charge in [0.2, 0.25) is 0 Å². The highest BCUT2D eigenvalue weighted by Crippen LogP contribution is 2.37. The quantitative estimate of drug-likeness (QED) is 0.599. The van der Waals surface area contributed by atoms with E-state index in [4.69, 9.17) is 0 Å². The predicted octanol–water partition coefficient (Wildman–Crippen LogP) is 4.20. The van der Waals surface area contributed by atoms with Crippen LogP contribution in [-0.2, 0) is 0 Å². The van der Waals surface area contributed by atoms with Crippen LogP contribution in [0.1, 0.15) is 54.4 Å². The van der Waals surface area contributed by atoms with Gasteiger partial charge in [-0.1, -0.05) is 41.0 Å². The maximum atomic E-state index is 13.9. The Balaban J connectivity index is 4.23. The van der Waals surface area contributed by atoms with Gasteiger partial charge in [0.1, 0.15) is 5.67 Å². The normalized spacial score (nSPS) is 18.0. The van der Waals surface area contributed by atoms with E-state index in [2.05, 4.69) is 20.8 Å². The summed E-state index contributed by atoms with van der Waals surface area (Å²) in [6.07, 6.45) is 1.70. The molecule has 0 nitrogen and oxygen atoms in total. The molecule has 0 amide bonds. The molecule has 1 atom stereocenters. The first-order valence-corrected chi connectivity index (χ1v) is 4.90. The monoisotopic (exact) mass is 174 g/mol. The Morgan fingerprint density at radius 2 is 1.58 bits per heavy atom. The minimum Gasteiger partial charge on any atom is -0.244 e. The van der Waals surface area contributed by atoms with E-state index in [1.165, 1.54) is 0 Å². The van der Waals surface area contributed by atoms with Crippen LogP contribution in [0, 0.1) is 11.3 Å². The van der Waals surface area contributed by atoms with E-state index >= 15 is 0 Å². The maximum Gasteiger partial charge on any atom is 0.111 e. The average molecular weight is 174 g/mol. The first-order chi connectivity index (χ1) is 5.21. The number of hydrogen-bond acceptors (Lipinski definition) is 0. The summed E-state index contributed by atoms with van der Waals surface area (Å²) in [5.74, 6) is 0.114. The SMILES string of the molecule is CCC(C)(C)CC(C)(F)C(C)C. The fourth-order valence-electron chi connectivity index (χ4n) is 1.26. The molecule has 12 heavy (non-hydrogen) atoms. The smallest absolute Gasteiger partial charge is 0.111 e. The molecule has 0 aliphatic heterocycles. The molecule has 0 N–H and O–H groups in total. The van der Waals surface area contributed by atoms with E-state index < -0.39 is 5.67 Å². The van der Waals surface area contributed by atoms with E-state index in [0.29, 0.717) is 6.42 Å². The minimum absolute atomic E-state index is 0.114. The van der Waals surface area contributed by atoms with Crippen molar-refractivity contribution in [2.24, 2.45) is 11.3 Å². The molecule has 1 heteroatoms. The van der Waals surface area contributed by atoms with Gasteiger partial charge in [-0.15, -0.1) is 0 Å². The summed E-state index contributed by atoms with van der Waals surface area (Å²) >= 11 is 0. The van der Waals surface area contributed by atoms with Gasteiger partial charge in [-0.3, -0.25) is 0 Å². The van der Waals surface area contributed by atoms with Crippen molar-refractivity contribution >= 4 is 0 Å². The van der Waals surface area contributed by atoms with Gasteiger partial charge in [0.25, 0.3) is 0 Å². The molecule has 0 aromatic heterocycles. The van der Waals surface area contributed by atoms with Crippen LogP contribution in [0.2, 0.25) is 0 Å². The largest absolute Gasteiger partial charge is 0.244 e. The highest BCUT2D eigenvalue weighted by atomic mass is 19.1. The fourth-order valence-corrected chi connectivity index (χ4v) is 1.26. The van der Waals surface area contributed by atoms with Crippen molar-refractivity contribution in [1.29, 1.82) is 0 Å². The molecule has 0 bridgehead atoms. The van der Waals surface area contributed by atoms with Crippen molar-refractivity contribution in [1.82, 2.24) is 0 Å². The fraction of sp³-hybridized carbons (Fsp3) is 1.00. The molecule has 0 aromatic carbocycles. The Bertz CT molecular complexity index is 134. The Hall–Kier alpha value is -0.0700. The molecule has 0 heterocycles. The van der Waals surface area contributed by atoms with Gasteiger partial charge in [0.15, 0.2) is 0 Å². The summed E-state index contributed by atoms with van der Waals surface area (Å²) in [5.41, 5.74) is -0.882. The van der Waals surface area contributed by atoms with Gasteiger partial charge < -0.3 is 0 Å². The first-order valence-electron chi connectivity index (χ1n) is 4.90. The minimum atomic E-state index is -1.01. The van der Waals surface area contributed by atoms with Crippen LogP contribution in [0.25, 0.3) is 0 Å². The van der Waals surface area contributed by atoms with Crippen LogP contribution in [0.3, 0.4) is 0 Å². The molecule has 0 fully saturated rings. The number of alkyl halides is 1. The highest BCUT2D eigenvalue weighted by Gasteiger charge is 2.33. The van der Waals surface area contributed by atoms with Crippen molar-refractivity contribution in [3.8, 4) is 0 Å². The van der Waals surface area contributed by atoms with Crippen LogP contribution in [0.4, 0.5) is 4.39 Å². The Morgan fingerprint density at radius 1 is 1.17 bits per heavy atom. The Labute approximate surface area is 76.6 Å². The zero-order valence-electron chi connectivity index (χ0n) is 9.37. The van der Waals surface area contributed by atoms with Gasteiger partial charge in [-0.25, -0.2) is 4.39 Å². The average Bonchev–Trinajstić information content (AvgIpc) is 1.85. The molecule has 0 saturated carbocycles. The molecule has 0 spiro atoms. The highest BCUT2D eigenvalue weighted by molar-refractivity contribution is 4.84. The second-order valence-corrected chi connectivity index (χ2v) is 5.13. The van der Waals surface area contributed by atoms with Gasteiger partial charge >= 0.3 is 0 Å². The first kappa shape index (κ1) is 11.9. The molecule has 0 rings (SSSR count). The third kappa shape index (κ3) is 3.55. The molecule has 0 aromatic rings. The lowest BCUT2D eigenvalue weighted by atomic mass is 9.76. The summed E-state index contributed by atoms with van der Waals surface area (Å²) < 4.78 is 13.9. The van der Waals surface area contributed by atoms with Crippen LogP contribution < -0.4 is 0 Å². The third-order valence-electron chi connectivity index (χ3n) is 2.99. The van der Waals surface area contributed by atoms with E-state index in [-0.39, 0.29) is 11.3 Å². The molecule has 0 aliphatic carbocycles. The molecule has 74 valence electrons. The third-order valence-corrected chi connectivity index (χ3v) is 2.99. The van der Waals surface area contributed by atoms with E-state index in [0.717, 1.165) is 6.42 Å². The lowest BCUT2D eigenvalue weighted by Crippen LogP contribution is -2.32.